The molecule has 0 saturated heterocycles. The SMILES string of the molecule is O=C([O-])c1cc([N+](=O)[O-])ccc1C(=O)O.O=C([O-])c1cc([N+](=O)[O-])ccc1C(=O)O.O=C([O-])c1cc([N+](=O)[O-])ccc1C(=O)O.[Au+3]. The number of rotatable bonds is 9. The van der Waals surface area contributed by atoms with Crippen LogP contribution in [0.15, 0.2) is 54.6 Å². The molecular formula is C24H12AuN3O18. The quantitative estimate of drug-likeness (QED) is 0.132. The molecule has 0 fully saturated rings. The molecule has 0 radical (unpaired) electrons. The Labute approximate surface area is 267 Å². The van der Waals surface area contributed by atoms with Gasteiger partial charge in [-0.1, -0.05) is 0 Å². The van der Waals surface area contributed by atoms with Gasteiger partial charge in [0.1, 0.15) is 0 Å². The van der Waals surface area contributed by atoms with Gasteiger partial charge >= 0.3 is 40.3 Å². The van der Waals surface area contributed by atoms with Gasteiger partial charge in [0.2, 0.25) is 0 Å². The summed E-state index contributed by atoms with van der Waals surface area (Å²) < 4.78 is 0. The number of nitro benzene ring substituents is 3. The number of non-ortho nitro benzene ring substituents is 3. The maximum Gasteiger partial charge on any atom is 3.00 e. The van der Waals surface area contributed by atoms with Crippen LogP contribution in [0.3, 0.4) is 0 Å². The Hall–Kier alpha value is -6.58. The Balaban J connectivity index is 0.000000653. The van der Waals surface area contributed by atoms with Gasteiger partial charge in [0.25, 0.3) is 17.1 Å². The Kier molecular flexibility index (Phi) is 14.5. The zero-order chi connectivity index (χ0) is 34.8. The number of aromatic carboxylic acids is 6. The minimum absolute atomic E-state index is 0. The molecule has 0 amide bonds. The number of carbonyl (C=O) groups is 6. The summed E-state index contributed by atoms with van der Waals surface area (Å²) >= 11 is 0. The third-order valence-electron chi connectivity index (χ3n) is 4.99. The Morgan fingerprint density at radius 3 is 0.761 bits per heavy atom. The molecule has 3 aromatic carbocycles. The Bertz CT molecular complexity index is 1570. The van der Waals surface area contributed by atoms with Crippen LogP contribution in [-0.2, 0) is 22.4 Å². The number of hydrogen-bond donors (Lipinski definition) is 3. The van der Waals surface area contributed by atoms with Crippen molar-refractivity contribution < 1.29 is 96.6 Å². The molecule has 3 rings (SSSR count). The van der Waals surface area contributed by atoms with Gasteiger partial charge in [-0.2, -0.15) is 0 Å². The summed E-state index contributed by atoms with van der Waals surface area (Å²) in [5.41, 5.74) is -5.26. The van der Waals surface area contributed by atoms with Crippen LogP contribution in [0.5, 0.6) is 0 Å². The second kappa shape index (κ2) is 16.9. The van der Waals surface area contributed by atoms with E-state index in [9.17, 15) is 74.4 Å². The monoisotopic (exact) mass is 827 g/mol. The normalized spacial score (nSPS) is 9.39. The van der Waals surface area contributed by atoms with Crippen LogP contribution in [0.2, 0.25) is 0 Å². The zero-order valence-corrected chi connectivity index (χ0v) is 24.0. The molecule has 242 valence electrons. The van der Waals surface area contributed by atoms with Crippen molar-refractivity contribution in [3.05, 3.63) is 118 Å². The minimum atomic E-state index is -1.77. The smallest absolute Gasteiger partial charge is 0.545 e. The van der Waals surface area contributed by atoms with Crippen LogP contribution in [0.4, 0.5) is 17.1 Å². The zero-order valence-electron chi connectivity index (χ0n) is 21.8. The number of benzene rings is 3. The topological polar surface area (TPSA) is 362 Å². The van der Waals surface area contributed by atoms with Gasteiger partial charge in [-0.25, -0.2) is 14.4 Å². The van der Waals surface area contributed by atoms with Crippen molar-refractivity contribution in [2.24, 2.45) is 0 Å². The first-order valence-corrected chi connectivity index (χ1v) is 11.0. The van der Waals surface area contributed by atoms with Gasteiger partial charge in [0.15, 0.2) is 0 Å². The van der Waals surface area contributed by atoms with Crippen molar-refractivity contribution >= 4 is 52.9 Å². The molecule has 46 heavy (non-hydrogen) atoms. The first-order chi connectivity index (χ1) is 20.8. The van der Waals surface area contributed by atoms with E-state index in [1.54, 1.807) is 0 Å². The fourth-order valence-electron chi connectivity index (χ4n) is 3.00. The van der Waals surface area contributed by atoms with E-state index in [0.29, 0.717) is 18.2 Å². The summed E-state index contributed by atoms with van der Waals surface area (Å²) in [5.74, 6) is -9.75. The van der Waals surface area contributed by atoms with E-state index >= 15 is 0 Å². The van der Waals surface area contributed by atoms with Crippen LogP contribution in [-0.4, -0.2) is 65.9 Å². The average molecular weight is 827 g/mol. The second-order valence-electron chi connectivity index (χ2n) is 7.74. The van der Waals surface area contributed by atoms with E-state index in [1.807, 2.05) is 0 Å². The molecule has 0 bridgehead atoms. The molecule has 0 unspecified atom stereocenters. The maximum atomic E-state index is 10.5. The molecule has 3 aromatic rings. The van der Waals surface area contributed by atoms with Gasteiger partial charge in [0.05, 0.1) is 49.4 Å². The maximum absolute atomic E-state index is 10.5. The molecule has 0 aliphatic rings. The molecule has 0 spiro atoms. The number of carbonyl (C=O) groups excluding carboxylic acids is 3. The molecule has 21 nitrogen and oxygen atoms in total. The predicted molar refractivity (Wildman–Crippen MR) is 133 cm³/mol. The molecule has 3 N–H and O–H groups in total. The van der Waals surface area contributed by atoms with Gasteiger partial charge in [-0.15, -0.1) is 0 Å². The summed E-state index contributed by atoms with van der Waals surface area (Å²) in [7, 11) is 0. The van der Waals surface area contributed by atoms with Crippen LogP contribution < -0.4 is 15.3 Å². The first kappa shape index (κ1) is 39.4. The number of carboxylic acid groups (broad SMARTS) is 6. The van der Waals surface area contributed by atoms with Crippen molar-refractivity contribution in [1.29, 1.82) is 0 Å². The van der Waals surface area contributed by atoms with E-state index in [1.165, 1.54) is 0 Å². The number of hydrogen-bond acceptors (Lipinski definition) is 15. The van der Waals surface area contributed by atoms with Crippen molar-refractivity contribution in [3.8, 4) is 0 Å². The van der Waals surface area contributed by atoms with E-state index < -0.39 is 101 Å². The third kappa shape index (κ3) is 10.6. The van der Waals surface area contributed by atoms with E-state index in [0.717, 1.165) is 36.4 Å². The van der Waals surface area contributed by atoms with E-state index in [2.05, 4.69) is 0 Å². The molecule has 0 aromatic heterocycles. The molecule has 22 heteroatoms. The number of nitrogens with zero attached hydrogens (tertiary/aromatic N) is 3. The van der Waals surface area contributed by atoms with Crippen LogP contribution in [0.25, 0.3) is 0 Å². The summed E-state index contributed by atoms with van der Waals surface area (Å²) in [5, 5.41) is 88.2. The summed E-state index contributed by atoms with van der Waals surface area (Å²) in [6.45, 7) is 0. The van der Waals surface area contributed by atoms with Gasteiger partial charge < -0.3 is 45.0 Å². The molecule has 0 saturated carbocycles. The second-order valence-corrected chi connectivity index (χ2v) is 7.74. The molecule has 0 aliphatic heterocycles. The number of carboxylic acids is 6. The fourth-order valence-corrected chi connectivity index (χ4v) is 3.00. The van der Waals surface area contributed by atoms with Crippen LogP contribution >= 0.6 is 0 Å². The van der Waals surface area contributed by atoms with Crippen LogP contribution in [0, 0.1) is 30.3 Å². The molecule has 0 atom stereocenters. The molecule has 0 aliphatic carbocycles. The summed E-state index contributed by atoms with van der Waals surface area (Å²) in [6, 6.07) is 7.25. The number of nitro groups is 3. The minimum Gasteiger partial charge on any atom is -0.545 e. The van der Waals surface area contributed by atoms with Crippen molar-refractivity contribution in [2.45, 2.75) is 0 Å². The van der Waals surface area contributed by atoms with E-state index in [-0.39, 0.29) is 22.4 Å². The van der Waals surface area contributed by atoms with Crippen LogP contribution in [0.1, 0.15) is 62.1 Å². The van der Waals surface area contributed by atoms with Crippen molar-refractivity contribution in [1.82, 2.24) is 0 Å². The summed E-state index contributed by atoms with van der Waals surface area (Å²) in [4.78, 5) is 91.6. The van der Waals surface area contributed by atoms with Gasteiger partial charge in [-0.05, 0) is 18.2 Å². The first-order valence-electron chi connectivity index (χ1n) is 11.0. The van der Waals surface area contributed by atoms with Gasteiger partial charge in [0, 0.05) is 53.1 Å². The van der Waals surface area contributed by atoms with E-state index in [4.69, 9.17) is 15.3 Å². The fraction of sp³-hybridized carbons (Fsp3) is 0. The Morgan fingerprint density at radius 1 is 0.435 bits per heavy atom. The third-order valence-corrected chi connectivity index (χ3v) is 4.99. The molecule has 0 heterocycles. The summed E-state index contributed by atoms with van der Waals surface area (Å²) in [6.07, 6.45) is 0. The molecular weight excluding hydrogens is 815 g/mol. The van der Waals surface area contributed by atoms with Crippen molar-refractivity contribution in [2.75, 3.05) is 0 Å². The Morgan fingerprint density at radius 2 is 0.630 bits per heavy atom. The van der Waals surface area contributed by atoms with Crippen molar-refractivity contribution in [3.63, 3.8) is 0 Å². The standard InChI is InChI=1S/3C8H5NO6.Au/c3*10-7(11)5-2-1-4(9(14)15)3-6(5)8(12)13;/h3*1-3H,(H,10,11)(H,12,13);/q;;;+3/p-3. The van der Waals surface area contributed by atoms with Gasteiger partial charge in [-0.3, -0.25) is 30.3 Å². The predicted octanol–water partition coefficient (Wildman–Crippen LogP) is -1.03. The average Bonchev–Trinajstić information content (AvgIpc) is 2.96. The largest absolute Gasteiger partial charge is 3.00 e.